The summed E-state index contributed by atoms with van der Waals surface area (Å²) in [7, 11) is 0. The van der Waals surface area contributed by atoms with E-state index in [4.69, 9.17) is 17.3 Å². The number of nitrogens with zero attached hydrogens (tertiary/aromatic N) is 2. The summed E-state index contributed by atoms with van der Waals surface area (Å²) >= 11 is 7.54. The van der Waals surface area contributed by atoms with Gasteiger partial charge in [-0.25, -0.2) is 4.98 Å². The van der Waals surface area contributed by atoms with Gasteiger partial charge in [0.2, 0.25) is 0 Å². The molecule has 2 atom stereocenters. The molecule has 1 aromatic rings. The van der Waals surface area contributed by atoms with Gasteiger partial charge in [-0.3, -0.25) is 4.90 Å². The van der Waals surface area contributed by atoms with Crippen LogP contribution < -0.4 is 5.73 Å². The summed E-state index contributed by atoms with van der Waals surface area (Å²) < 4.78 is 0.752. The summed E-state index contributed by atoms with van der Waals surface area (Å²) in [6, 6.07) is 0.438. The van der Waals surface area contributed by atoms with Crippen molar-refractivity contribution in [3.05, 3.63) is 15.5 Å². The number of aromatic nitrogens is 1. The van der Waals surface area contributed by atoms with E-state index in [9.17, 15) is 0 Å². The van der Waals surface area contributed by atoms with Gasteiger partial charge in [0.25, 0.3) is 0 Å². The number of hydrogen-bond donors (Lipinski definition) is 1. The van der Waals surface area contributed by atoms with E-state index in [1.807, 2.05) is 0 Å². The minimum atomic E-state index is 0.185. The van der Waals surface area contributed by atoms with Gasteiger partial charge in [-0.15, -0.1) is 11.3 Å². The van der Waals surface area contributed by atoms with Gasteiger partial charge in [-0.1, -0.05) is 25.4 Å². The van der Waals surface area contributed by atoms with Gasteiger partial charge in [0.1, 0.15) is 9.34 Å². The molecule has 2 heterocycles. The van der Waals surface area contributed by atoms with Crippen LogP contribution in [0.1, 0.15) is 37.7 Å². The van der Waals surface area contributed by atoms with Crippen LogP contribution in [0.25, 0.3) is 0 Å². The number of rotatable bonds is 3. The fraction of sp³-hybridized carbons (Fsp3) is 0.750. The van der Waals surface area contributed by atoms with Gasteiger partial charge in [-0.2, -0.15) is 0 Å². The normalized spacial score (nSPS) is 26.6. The highest BCUT2D eigenvalue weighted by Crippen LogP contribution is 2.34. The van der Waals surface area contributed by atoms with Gasteiger partial charge in [0, 0.05) is 12.6 Å². The van der Waals surface area contributed by atoms with Gasteiger partial charge in [0.15, 0.2) is 0 Å². The minimum absolute atomic E-state index is 0.185. The van der Waals surface area contributed by atoms with Crippen molar-refractivity contribution in [2.24, 2.45) is 11.7 Å². The maximum Gasteiger partial charge on any atom is 0.113 e. The molecule has 2 N–H and O–H groups in total. The van der Waals surface area contributed by atoms with Gasteiger partial charge in [-0.05, 0) is 25.3 Å². The van der Waals surface area contributed by atoms with Crippen LogP contribution in [-0.4, -0.2) is 29.0 Å². The second-order valence-electron chi connectivity index (χ2n) is 5.14. The largest absolute Gasteiger partial charge is 0.326 e. The Hall–Kier alpha value is -0.160. The van der Waals surface area contributed by atoms with Crippen LogP contribution >= 0.6 is 22.9 Å². The first-order valence-corrected chi connectivity index (χ1v) is 7.38. The molecule has 0 saturated carbocycles. The van der Waals surface area contributed by atoms with Crippen LogP contribution in [0.3, 0.4) is 0 Å². The lowest BCUT2D eigenvalue weighted by atomic mass is 9.96. The molecule has 0 aliphatic carbocycles. The molecule has 0 spiro atoms. The zero-order valence-electron chi connectivity index (χ0n) is 10.4. The molecular formula is C12H20ClN3S. The zero-order chi connectivity index (χ0) is 12.4. The van der Waals surface area contributed by atoms with Crippen molar-refractivity contribution < 1.29 is 0 Å². The van der Waals surface area contributed by atoms with Crippen LogP contribution in [0.2, 0.25) is 4.34 Å². The maximum atomic E-state index is 6.27. The molecule has 0 amide bonds. The third-order valence-corrected chi connectivity index (χ3v) is 4.32. The van der Waals surface area contributed by atoms with Crippen molar-refractivity contribution in [1.82, 2.24) is 9.88 Å². The summed E-state index contributed by atoms with van der Waals surface area (Å²) in [6.07, 6.45) is 4.00. The summed E-state index contributed by atoms with van der Waals surface area (Å²) in [4.78, 5) is 6.88. The van der Waals surface area contributed by atoms with E-state index in [0.717, 1.165) is 28.9 Å². The summed E-state index contributed by atoms with van der Waals surface area (Å²) in [6.45, 7) is 6.68. The Morgan fingerprint density at radius 3 is 3.00 bits per heavy atom. The lowest BCUT2D eigenvalue weighted by Gasteiger charge is -2.39. The number of piperidine rings is 1. The molecule has 1 saturated heterocycles. The van der Waals surface area contributed by atoms with E-state index in [1.165, 1.54) is 6.42 Å². The van der Waals surface area contributed by atoms with Crippen LogP contribution in [0.4, 0.5) is 0 Å². The molecule has 3 nitrogen and oxygen atoms in total. The molecule has 2 rings (SSSR count). The molecule has 1 aliphatic heterocycles. The van der Waals surface area contributed by atoms with Gasteiger partial charge in [0.05, 0.1) is 12.2 Å². The second kappa shape index (κ2) is 5.65. The summed E-state index contributed by atoms with van der Waals surface area (Å²) in [5.41, 5.74) is 6.27. The Labute approximate surface area is 112 Å². The second-order valence-corrected chi connectivity index (χ2v) is 6.84. The maximum absolute atomic E-state index is 6.27. The average Bonchev–Trinajstić information content (AvgIpc) is 2.64. The molecule has 1 aromatic heterocycles. The molecule has 17 heavy (non-hydrogen) atoms. The Morgan fingerprint density at radius 2 is 2.41 bits per heavy atom. The Kier molecular flexibility index (Phi) is 4.42. The van der Waals surface area contributed by atoms with Crippen LogP contribution in [0.15, 0.2) is 6.20 Å². The fourth-order valence-corrected chi connectivity index (χ4v) is 3.66. The monoisotopic (exact) mass is 273 g/mol. The number of likely N-dealkylation sites (tertiary alicyclic amines) is 1. The highest BCUT2D eigenvalue weighted by molar-refractivity contribution is 7.15. The average molecular weight is 274 g/mol. The van der Waals surface area contributed by atoms with Crippen molar-refractivity contribution in [2.75, 3.05) is 13.1 Å². The van der Waals surface area contributed by atoms with E-state index in [-0.39, 0.29) is 12.1 Å². The lowest BCUT2D eigenvalue weighted by molar-refractivity contribution is 0.114. The molecule has 0 radical (unpaired) electrons. The SMILES string of the molecule is CC(C)CN1CCCC(N)C1c1ncc(Cl)s1. The fourth-order valence-electron chi connectivity index (χ4n) is 2.51. The first kappa shape index (κ1) is 13.3. The highest BCUT2D eigenvalue weighted by atomic mass is 35.5. The van der Waals surface area contributed by atoms with Gasteiger partial charge >= 0.3 is 0 Å². The van der Waals surface area contributed by atoms with E-state index in [2.05, 4.69) is 23.7 Å². The van der Waals surface area contributed by atoms with E-state index >= 15 is 0 Å². The van der Waals surface area contributed by atoms with Crippen LogP contribution in [0, 0.1) is 5.92 Å². The van der Waals surface area contributed by atoms with Gasteiger partial charge < -0.3 is 5.73 Å². The quantitative estimate of drug-likeness (QED) is 0.921. The standard InChI is InChI=1S/C12H20ClN3S/c1-8(2)7-16-5-3-4-9(14)11(16)12-15-6-10(13)17-12/h6,8-9,11H,3-5,7,14H2,1-2H3. The van der Waals surface area contributed by atoms with Crippen molar-refractivity contribution in [2.45, 2.75) is 38.8 Å². The topological polar surface area (TPSA) is 42.1 Å². The smallest absolute Gasteiger partial charge is 0.113 e. The molecule has 0 aromatic carbocycles. The van der Waals surface area contributed by atoms with E-state index in [0.29, 0.717) is 5.92 Å². The number of nitrogens with two attached hydrogens (primary N) is 1. The minimum Gasteiger partial charge on any atom is -0.326 e. The predicted molar refractivity (Wildman–Crippen MR) is 73.5 cm³/mol. The highest BCUT2D eigenvalue weighted by Gasteiger charge is 2.32. The van der Waals surface area contributed by atoms with Crippen molar-refractivity contribution in [3.63, 3.8) is 0 Å². The van der Waals surface area contributed by atoms with Crippen LogP contribution in [0.5, 0.6) is 0 Å². The molecule has 96 valence electrons. The number of halogens is 1. The Bertz CT molecular complexity index is 366. The molecule has 1 fully saturated rings. The first-order chi connectivity index (χ1) is 8.08. The third kappa shape index (κ3) is 3.19. The number of hydrogen-bond acceptors (Lipinski definition) is 4. The predicted octanol–water partition coefficient (Wildman–Crippen LogP) is 2.92. The van der Waals surface area contributed by atoms with Crippen LogP contribution in [-0.2, 0) is 0 Å². The van der Waals surface area contributed by atoms with Crippen molar-refractivity contribution >= 4 is 22.9 Å². The molecule has 2 unspecified atom stereocenters. The third-order valence-electron chi connectivity index (χ3n) is 3.13. The summed E-state index contributed by atoms with van der Waals surface area (Å²) in [5.74, 6) is 0.651. The summed E-state index contributed by atoms with van der Waals surface area (Å²) in [5, 5.41) is 1.07. The Balaban J connectivity index is 2.18. The molecule has 0 bridgehead atoms. The van der Waals surface area contributed by atoms with Crippen molar-refractivity contribution in [3.8, 4) is 0 Å². The zero-order valence-corrected chi connectivity index (χ0v) is 12.0. The van der Waals surface area contributed by atoms with E-state index in [1.54, 1.807) is 17.5 Å². The molecular weight excluding hydrogens is 254 g/mol. The molecule has 5 heteroatoms. The lowest BCUT2D eigenvalue weighted by Crippen LogP contribution is -2.47. The first-order valence-electron chi connectivity index (χ1n) is 6.18. The number of thiazole rings is 1. The van der Waals surface area contributed by atoms with E-state index < -0.39 is 0 Å². The Morgan fingerprint density at radius 1 is 1.65 bits per heavy atom. The molecule has 1 aliphatic rings. The van der Waals surface area contributed by atoms with Crippen molar-refractivity contribution in [1.29, 1.82) is 0 Å².